The van der Waals surface area contributed by atoms with E-state index >= 15 is 0 Å². The van der Waals surface area contributed by atoms with Crippen LogP contribution in [-0.4, -0.2) is 34.0 Å². The molecule has 2 rings (SSSR count). The van der Waals surface area contributed by atoms with Gasteiger partial charge in [0.05, 0.1) is 10.6 Å². The summed E-state index contributed by atoms with van der Waals surface area (Å²) in [5.41, 5.74) is 1.81. The number of nitrogens with zero attached hydrogens (tertiary/aromatic N) is 1. The third kappa shape index (κ3) is 4.27. The molecule has 0 aromatic heterocycles. The van der Waals surface area contributed by atoms with Gasteiger partial charge in [-0.3, -0.25) is 9.52 Å². The predicted molar refractivity (Wildman–Crippen MR) is 96.2 cm³/mol. The lowest BCUT2D eigenvalue weighted by atomic mass is 10.1. The van der Waals surface area contributed by atoms with Gasteiger partial charge in [-0.25, -0.2) is 8.42 Å². The molecular weight excluding hydrogens is 332 g/mol. The van der Waals surface area contributed by atoms with Gasteiger partial charge in [0.15, 0.2) is 5.78 Å². The zero-order valence-electron chi connectivity index (χ0n) is 12.9. The molecule has 0 saturated carbocycles. The maximum Gasteiger partial charge on any atom is 0.261 e. The Hall–Kier alpha value is -1.99. The summed E-state index contributed by atoms with van der Waals surface area (Å²) in [4.78, 5) is 13.6. The Bertz CT molecular complexity index is 783. The van der Waals surface area contributed by atoms with E-state index in [1.165, 1.54) is 0 Å². The summed E-state index contributed by atoms with van der Waals surface area (Å²) >= 11 is 3.93. The third-order valence-corrected chi connectivity index (χ3v) is 4.95. The average Bonchev–Trinajstić information content (AvgIpc) is 2.54. The highest BCUT2D eigenvalue weighted by molar-refractivity contribution is 7.92. The SMILES string of the molecule is CN(C)c1ccc(S(=O)(=O)Nc2ccc(C(=O)CS)cc2)cc1. The lowest BCUT2D eigenvalue weighted by Gasteiger charge is -2.13. The predicted octanol–water partition coefficient (Wildman–Crippen LogP) is 2.67. The number of carbonyl (C=O) groups is 1. The van der Waals surface area contributed by atoms with Gasteiger partial charge in [-0.15, -0.1) is 0 Å². The fourth-order valence-electron chi connectivity index (χ4n) is 1.95. The first-order chi connectivity index (χ1) is 10.8. The van der Waals surface area contributed by atoms with Gasteiger partial charge < -0.3 is 4.90 Å². The van der Waals surface area contributed by atoms with Crippen molar-refractivity contribution < 1.29 is 13.2 Å². The van der Waals surface area contributed by atoms with Crippen LogP contribution < -0.4 is 9.62 Å². The summed E-state index contributed by atoms with van der Waals surface area (Å²) in [7, 11) is 0.106. The molecule has 0 heterocycles. The number of benzene rings is 2. The zero-order valence-corrected chi connectivity index (χ0v) is 14.6. The Morgan fingerprint density at radius 2 is 1.61 bits per heavy atom. The highest BCUT2D eigenvalue weighted by atomic mass is 32.2. The second-order valence-electron chi connectivity index (χ2n) is 5.15. The van der Waals surface area contributed by atoms with E-state index < -0.39 is 10.0 Å². The van der Waals surface area contributed by atoms with Crippen LogP contribution in [0.2, 0.25) is 0 Å². The van der Waals surface area contributed by atoms with Crippen LogP contribution in [0.3, 0.4) is 0 Å². The molecule has 122 valence electrons. The quantitative estimate of drug-likeness (QED) is 0.621. The number of hydrogen-bond acceptors (Lipinski definition) is 5. The van der Waals surface area contributed by atoms with Gasteiger partial charge in [0.2, 0.25) is 0 Å². The Balaban J connectivity index is 2.19. The maximum atomic E-state index is 12.4. The van der Waals surface area contributed by atoms with Crippen LogP contribution >= 0.6 is 12.6 Å². The highest BCUT2D eigenvalue weighted by Crippen LogP contribution is 2.19. The fraction of sp³-hybridized carbons (Fsp3) is 0.188. The molecule has 5 nitrogen and oxygen atoms in total. The Morgan fingerprint density at radius 1 is 1.04 bits per heavy atom. The number of carbonyl (C=O) groups excluding carboxylic acids is 1. The van der Waals surface area contributed by atoms with Crippen molar-refractivity contribution >= 4 is 39.8 Å². The molecule has 2 aromatic carbocycles. The molecule has 1 N–H and O–H groups in total. The van der Waals surface area contributed by atoms with E-state index in [-0.39, 0.29) is 16.4 Å². The van der Waals surface area contributed by atoms with E-state index in [4.69, 9.17) is 0 Å². The summed E-state index contributed by atoms with van der Waals surface area (Å²) < 4.78 is 27.2. The standard InChI is InChI=1S/C16H18N2O3S2/c1-18(2)14-7-9-15(10-8-14)23(20,21)17-13-5-3-12(4-6-13)16(19)11-22/h3-10,17,22H,11H2,1-2H3. The minimum atomic E-state index is -3.66. The number of ketones is 1. The van der Waals surface area contributed by atoms with Gasteiger partial charge >= 0.3 is 0 Å². The molecule has 0 aliphatic heterocycles. The first kappa shape index (κ1) is 17.4. The first-order valence-corrected chi connectivity index (χ1v) is 8.99. The monoisotopic (exact) mass is 350 g/mol. The van der Waals surface area contributed by atoms with Crippen molar-refractivity contribution in [3.8, 4) is 0 Å². The molecule has 0 fully saturated rings. The van der Waals surface area contributed by atoms with E-state index in [0.717, 1.165) is 5.69 Å². The minimum Gasteiger partial charge on any atom is -0.378 e. The Morgan fingerprint density at radius 3 is 2.09 bits per heavy atom. The van der Waals surface area contributed by atoms with Gasteiger partial charge in [-0.2, -0.15) is 12.6 Å². The summed E-state index contributed by atoms with van der Waals surface area (Å²) in [6.07, 6.45) is 0. The van der Waals surface area contributed by atoms with Crippen molar-refractivity contribution in [1.82, 2.24) is 0 Å². The topological polar surface area (TPSA) is 66.5 Å². The van der Waals surface area contributed by atoms with E-state index in [2.05, 4.69) is 17.4 Å². The molecule has 0 spiro atoms. The first-order valence-electron chi connectivity index (χ1n) is 6.88. The summed E-state index contributed by atoms with van der Waals surface area (Å²) in [6, 6.07) is 12.8. The van der Waals surface area contributed by atoms with Crippen LogP contribution in [-0.2, 0) is 10.0 Å². The normalized spacial score (nSPS) is 11.1. The summed E-state index contributed by atoms with van der Waals surface area (Å²) in [6.45, 7) is 0. The lowest BCUT2D eigenvalue weighted by Crippen LogP contribution is -2.14. The van der Waals surface area contributed by atoms with Crippen LogP contribution in [0.15, 0.2) is 53.4 Å². The van der Waals surface area contributed by atoms with Crippen molar-refractivity contribution in [1.29, 1.82) is 0 Å². The van der Waals surface area contributed by atoms with Crippen LogP contribution in [0, 0.1) is 0 Å². The number of rotatable bonds is 6. The highest BCUT2D eigenvalue weighted by Gasteiger charge is 2.14. The zero-order chi connectivity index (χ0) is 17.0. The number of Topliss-reactive ketones (excluding diaryl/α,β-unsaturated/α-hetero) is 1. The molecule has 7 heteroatoms. The molecule has 0 aliphatic rings. The second-order valence-corrected chi connectivity index (χ2v) is 7.15. The van der Waals surface area contributed by atoms with Crippen LogP contribution in [0.4, 0.5) is 11.4 Å². The van der Waals surface area contributed by atoms with Crippen molar-refractivity contribution in [3.05, 3.63) is 54.1 Å². The smallest absolute Gasteiger partial charge is 0.261 e. The maximum absolute atomic E-state index is 12.4. The fourth-order valence-corrected chi connectivity index (χ4v) is 3.19. The number of anilines is 2. The van der Waals surface area contributed by atoms with Gasteiger partial charge in [-0.05, 0) is 48.5 Å². The molecule has 0 aliphatic carbocycles. The van der Waals surface area contributed by atoms with Crippen molar-refractivity contribution in [2.24, 2.45) is 0 Å². The number of thiol groups is 1. The van der Waals surface area contributed by atoms with Crippen molar-refractivity contribution in [2.45, 2.75) is 4.90 Å². The molecule has 0 bridgehead atoms. The third-order valence-electron chi connectivity index (χ3n) is 3.27. The van der Waals surface area contributed by atoms with Crippen LogP contribution in [0.5, 0.6) is 0 Å². The van der Waals surface area contributed by atoms with Gasteiger partial charge in [0.25, 0.3) is 10.0 Å². The van der Waals surface area contributed by atoms with Gasteiger partial charge in [0, 0.05) is 31.0 Å². The Labute approximate surface area is 141 Å². The van der Waals surface area contributed by atoms with Crippen LogP contribution in [0.1, 0.15) is 10.4 Å². The number of sulfonamides is 1. The van der Waals surface area contributed by atoms with E-state index in [1.54, 1.807) is 48.5 Å². The number of nitrogens with one attached hydrogen (secondary N) is 1. The Kier molecular flexibility index (Phi) is 5.33. The van der Waals surface area contributed by atoms with E-state index in [9.17, 15) is 13.2 Å². The molecular formula is C16H18N2O3S2. The largest absolute Gasteiger partial charge is 0.378 e. The van der Waals surface area contributed by atoms with Crippen molar-refractivity contribution in [3.63, 3.8) is 0 Å². The molecule has 0 radical (unpaired) electrons. The number of hydrogen-bond donors (Lipinski definition) is 2. The molecule has 0 amide bonds. The lowest BCUT2D eigenvalue weighted by molar-refractivity contribution is 0.102. The summed E-state index contributed by atoms with van der Waals surface area (Å²) in [5.74, 6) is 0.00514. The molecule has 0 atom stereocenters. The molecule has 0 unspecified atom stereocenters. The van der Waals surface area contributed by atoms with Crippen molar-refractivity contribution in [2.75, 3.05) is 29.5 Å². The van der Waals surface area contributed by atoms with Crippen LogP contribution in [0.25, 0.3) is 0 Å². The molecule has 2 aromatic rings. The molecule has 0 saturated heterocycles. The summed E-state index contributed by atoms with van der Waals surface area (Å²) in [5, 5.41) is 0. The average molecular weight is 350 g/mol. The van der Waals surface area contributed by atoms with Gasteiger partial charge in [0.1, 0.15) is 0 Å². The van der Waals surface area contributed by atoms with E-state index in [0.29, 0.717) is 11.3 Å². The minimum absolute atomic E-state index is 0.109. The van der Waals surface area contributed by atoms with Gasteiger partial charge in [-0.1, -0.05) is 0 Å². The second kappa shape index (κ2) is 7.06. The molecule has 23 heavy (non-hydrogen) atoms. The van der Waals surface area contributed by atoms with E-state index in [1.807, 2.05) is 19.0 Å².